The van der Waals surface area contributed by atoms with Gasteiger partial charge in [-0.1, -0.05) is 11.6 Å². The number of amides is 1. The van der Waals surface area contributed by atoms with E-state index in [9.17, 15) is 13.2 Å². The van der Waals surface area contributed by atoms with Crippen LogP contribution < -0.4 is 14.8 Å². The molecule has 0 aliphatic rings. The summed E-state index contributed by atoms with van der Waals surface area (Å²) >= 11 is 5.81. The number of nitrogens with one attached hydrogen (secondary N) is 2. The molecule has 9 heteroatoms. The quantitative estimate of drug-likeness (QED) is 0.644. The Hall–Kier alpha value is -2.97. The summed E-state index contributed by atoms with van der Waals surface area (Å²) in [6.07, 6.45) is 1.37. The van der Waals surface area contributed by atoms with Crippen molar-refractivity contribution in [2.75, 3.05) is 17.1 Å². The number of rotatable bonds is 6. The maximum Gasteiger partial charge on any atom is 0.291 e. The summed E-state index contributed by atoms with van der Waals surface area (Å²) in [5.74, 6) is -0.263. The highest BCUT2D eigenvalue weighted by Gasteiger charge is 2.21. The van der Waals surface area contributed by atoms with Crippen LogP contribution in [0, 0.1) is 0 Å². The van der Waals surface area contributed by atoms with Crippen molar-refractivity contribution in [3.63, 3.8) is 0 Å². The van der Waals surface area contributed by atoms with Crippen LogP contribution in [0.4, 0.5) is 11.4 Å². The fraction of sp³-hybridized carbons (Fsp3) is 0.0556. The molecule has 0 fully saturated rings. The lowest BCUT2D eigenvalue weighted by molar-refractivity contribution is 0.0996. The average Bonchev–Trinajstić information content (AvgIpc) is 3.18. The molecule has 1 heterocycles. The fourth-order valence-electron chi connectivity index (χ4n) is 2.29. The molecule has 0 saturated carbocycles. The van der Waals surface area contributed by atoms with Crippen LogP contribution in [0.5, 0.6) is 5.75 Å². The summed E-state index contributed by atoms with van der Waals surface area (Å²) in [6.45, 7) is 0. The number of hydrogen-bond donors (Lipinski definition) is 2. The Balaban J connectivity index is 1.90. The summed E-state index contributed by atoms with van der Waals surface area (Å²) in [5, 5.41) is 3.07. The van der Waals surface area contributed by atoms with Crippen LogP contribution in [0.3, 0.4) is 0 Å². The van der Waals surface area contributed by atoms with Gasteiger partial charge in [-0.05, 0) is 54.6 Å². The molecule has 2 N–H and O–H groups in total. The van der Waals surface area contributed by atoms with E-state index >= 15 is 0 Å². The van der Waals surface area contributed by atoms with Crippen molar-refractivity contribution in [3.05, 3.63) is 71.6 Å². The first-order valence-electron chi connectivity index (χ1n) is 7.70. The topological polar surface area (TPSA) is 97.6 Å². The molecule has 0 aliphatic heterocycles. The van der Waals surface area contributed by atoms with Crippen LogP contribution in [0.2, 0.25) is 5.02 Å². The molecule has 0 aliphatic carbocycles. The molecule has 2 aromatic carbocycles. The summed E-state index contributed by atoms with van der Waals surface area (Å²) in [6, 6.07) is 13.6. The number of anilines is 2. The van der Waals surface area contributed by atoms with E-state index in [4.69, 9.17) is 20.8 Å². The zero-order valence-electron chi connectivity index (χ0n) is 14.1. The van der Waals surface area contributed by atoms with Gasteiger partial charge in [0.1, 0.15) is 10.6 Å². The molecular formula is C18H15ClN2O5S. The largest absolute Gasteiger partial charge is 0.495 e. The van der Waals surface area contributed by atoms with Gasteiger partial charge in [-0.25, -0.2) is 8.42 Å². The molecule has 140 valence electrons. The number of hydrogen-bond acceptors (Lipinski definition) is 5. The third-order valence-electron chi connectivity index (χ3n) is 3.55. The highest BCUT2D eigenvalue weighted by Crippen LogP contribution is 2.29. The SMILES string of the molecule is COc1ccc(NC(=O)c2ccco2)cc1S(=O)(=O)Nc1ccc(Cl)cc1. The van der Waals surface area contributed by atoms with Gasteiger partial charge >= 0.3 is 0 Å². The van der Waals surface area contributed by atoms with Gasteiger partial charge in [-0.2, -0.15) is 0 Å². The second kappa shape index (κ2) is 7.73. The predicted octanol–water partition coefficient (Wildman–Crippen LogP) is 3.99. The summed E-state index contributed by atoms with van der Waals surface area (Å²) in [5.41, 5.74) is 0.611. The molecule has 0 spiro atoms. The van der Waals surface area contributed by atoms with E-state index in [1.165, 1.54) is 49.8 Å². The normalized spacial score (nSPS) is 11.0. The highest BCUT2D eigenvalue weighted by atomic mass is 35.5. The Morgan fingerprint density at radius 2 is 1.78 bits per heavy atom. The molecule has 0 bridgehead atoms. The number of sulfonamides is 1. The molecule has 3 aromatic rings. The number of halogens is 1. The van der Waals surface area contributed by atoms with Crippen LogP contribution >= 0.6 is 11.6 Å². The van der Waals surface area contributed by atoms with Gasteiger partial charge in [0.15, 0.2) is 5.76 Å². The van der Waals surface area contributed by atoms with E-state index in [1.807, 2.05) is 0 Å². The second-order valence-electron chi connectivity index (χ2n) is 5.41. The van der Waals surface area contributed by atoms with Crippen LogP contribution in [0.1, 0.15) is 10.6 Å². The first kappa shape index (κ1) is 18.8. The maximum atomic E-state index is 12.8. The van der Waals surface area contributed by atoms with Gasteiger partial charge in [-0.15, -0.1) is 0 Å². The lowest BCUT2D eigenvalue weighted by Crippen LogP contribution is -2.16. The molecule has 0 unspecified atom stereocenters. The monoisotopic (exact) mass is 406 g/mol. The van der Waals surface area contributed by atoms with Crippen LogP contribution in [-0.2, 0) is 10.0 Å². The minimum absolute atomic E-state index is 0.106. The van der Waals surface area contributed by atoms with Gasteiger partial charge in [0.2, 0.25) is 0 Å². The van der Waals surface area contributed by atoms with Crippen molar-refractivity contribution in [3.8, 4) is 5.75 Å². The number of furan rings is 1. The Morgan fingerprint density at radius 1 is 1.07 bits per heavy atom. The number of ether oxygens (including phenoxy) is 1. The Bertz CT molecular complexity index is 1050. The standard InChI is InChI=1S/C18H15ClN2O5S/c1-25-15-9-8-14(20-18(22)16-3-2-10-26-16)11-17(15)27(23,24)21-13-6-4-12(19)5-7-13/h2-11,21H,1H3,(H,20,22). The van der Waals surface area contributed by atoms with Crippen LogP contribution in [0.25, 0.3) is 0 Å². The molecule has 27 heavy (non-hydrogen) atoms. The highest BCUT2D eigenvalue weighted by molar-refractivity contribution is 7.92. The van der Waals surface area contributed by atoms with Crippen molar-refractivity contribution in [1.29, 1.82) is 0 Å². The van der Waals surface area contributed by atoms with E-state index in [0.717, 1.165) is 0 Å². The molecule has 0 atom stereocenters. The third-order valence-corrected chi connectivity index (χ3v) is 5.21. The summed E-state index contributed by atoms with van der Waals surface area (Å²) < 4.78 is 38.2. The zero-order chi connectivity index (χ0) is 19.4. The van der Waals surface area contributed by atoms with E-state index in [0.29, 0.717) is 10.7 Å². The Morgan fingerprint density at radius 3 is 2.41 bits per heavy atom. The Kier molecular flexibility index (Phi) is 5.38. The van der Waals surface area contributed by atoms with E-state index in [-0.39, 0.29) is 22.1 Å². The minimum atomic E-state index is -3.97. The van der Waals surface area contributed by atoms with Crippen molar-refractivity contribution >= 4 is 38.9 Å². The number of carbonyl (C=O) groups excluding carboxylic acids is 1. The summed E-state index contributed by atoms with van der Waals surface area (Å²) in [4.78, 5) is 12.0. The molecule has 0 saturated heterocycles. The van der Waals surface area contributed by atoms with Crippen molar-refractivity contribution in [2.24, 2.45) is 0 Å². The van der Waals surface area contributed by atoms with E-state index in [1.54, 1.807) is 18.2 Å². The predicted molar refractivity (Wildman–Crippen MR) is 102 cm³/mol. The van der Waals surface area contributed by atoms with Gasteiger partial charge in [0, 0.05) is 16.4 Å². The molecule has 0 radical (unpaired) electrons. The van der Waals surface area contributed by atoms with Crippen molar-refractivity contribution in [2.45, 2.75) is 4.90 Å². The molecule has 1 aromatic heterocycles. The van der Waals surface area contributed by atoms with Gasteiger partial charge in [-0.3, -0.25) is 9.52 Å². The van der Waals surface area contributed by atoms with Crippen molar-refractivity contribution < 1.29 is 22.4 Å². The number of benzene rings is 2. The second-order valence-corrected chi connectivity index (χ2v) is 7.50. The van der Waals surface area contributed by atoms with E-state index < -0.39 is 15.9 Å². The van der Waals surface area contributed by atoms with Gasteiger partial charge in [0.05, 0.1) is 13.4 Å². The maximum absolute atomic E-state index is 12.8. The van der Waals surface area contributed by atoms with Gasteiger partial charge in [0.25, 0.3) is 15.9 Å². The molecule has 7 nitrogen and oxygen atoms in total. The first-order valence-corrected chi connectivity index (χ1v) is 9.56. The minimum Gasteiger partial charge on any atom is -0.495 e. The smallest absolute Gasteiger partial charge is 0.291 e. The first-order chi connectivity index (χ1) is 12.9. The van der Waals surface area contributed by atoms with Crippen molar-refractivity contribution in [1.82, 2.24) is 0 Å². The molecule has 1 amide bonds. The average molecular weight is 407 g/mol. The molecular weight excluding hydrogens is 392 g/mol. The van der Waals surface area contributed by atoms with E-state index in [2.05, 4.69) is 10.0 Å². The van der Waals surface area contributed by atoms with Crippen LogP contribution in [-0.4, -0.2) is 21.4 Å². The fourth-order valence-corrected chi connectivity index (χ4v) is 3.67. The van der Waals surface area contributed by atoms with Crippen LogP contribution in [0.15, 0.2) is 70.2 Å². The summed E-state index contributed by atoms with van der Waals surface area (Å²) in [7, 11) is -2.61. The lowest BCUT2D eigenvalue weighted by Gasteiger charge is -2.13. The Labute approximate surface area is 161 Å². The van der Waals surface area contributed by atoms with Gasteiger partial charge < -0.3 is 14.5 Å². The lowest BCUT2D eigenvalue weighted by atomic mass is 10.3. The third kappa shape index (κ3) is 4.42. The number of carbonyl (C=O) groups is 1. The number of methoxy groups -OCH3 is 1. The molecule has 3 rings (SSSR count). The zero-order valence-corrected chi connectivity index (χ0v) is 15.7.